The molecule has 2 N–H and O–H groups in total. The summed E-state index contributed by atoms with van der Waals surface area (Å²) in [5.74, 6) is 0.759. The Labute approximate surface area is 99.1 Å². The molecule has 4 nitrogen and oxygen atoms in total. The van der Waals surface area contributed by atoms with Gasteiger partial charge in [0.15, 0.2) is 0 Å². The van der Waals surface area contributed by atoms with Crippen molar-refractivity contribution in [3.63, 3.8) is 0 Å². The summed E-state index contributed by atoms with van der Waals surface area (Å²) < 4.78 is 4.89. The first kappa shape index (κ1) is 15.4. The summed E-state index contributed by atoms with van der Waals surface area (Å²) in [5, 5.41) is 0. The number of methoxy groups -OCH3 is 1. The van der Waals surface area contributed by atoms with E-state index in [1.165, 1.54) is 6.42 Å². The third kappa shape index (κ3) is 4.49. The van der Waals surface area contributed by atoms with E-state index in [4.69, 9.17) is 10.5 Å². The van der Waals surface area contributed by atoms with E-state index in [0.29, 0.717) is 6.04 Å². The Morgan fingerprint density at radius 1 is 1.56 bits per heavy atom. The van der Waals surface area contributed by atoms with E-state index in [2.05, 4.69) is 13.8 Å². The SMILES string of the molecule is CCC1CN(C=O)C1C.COC(C)C(C)N. The predicted octanol–water partition coefficient (Wildman–Crippen LogP) is 1.24. The monoisotopic (exact) mass is 230 g/mol. The largest absolute Gasteiger partial charge is 0.380 e. The molecule has 0 bridgehead atoms. The number of carbonyl (C=O) groups is 1. The second-order valence-electron chi connectivity index (χ2n) is 4.51. The van der Waals surface area contributed by atoms with Gasteiger partial charge < -0.3 is 15.4 Å². The first-order chi connectivity index (χ1) is 7.47. The Kier molecular flexibility index (Phi) is 7.34. The van der Waals surface area contributed by atoms with E-state index in [-0.39, 0.29) is 12.1 Å². The summed E-state index contributed by atoms with van der Waals surface area (Å²) in [6, 6.07) is 0.637. The third-order valence-corrected chi connectivity index (χ3v) is 3.42. The van der Waals surface area contributed by atoms with Crippen LogP contribution in [0.2, 0.25) is 0 Å². The first-order valence-electron chi connectivity index (χ1n) is 5.97. The first-order valence-corrected chi connectivity index (χ1v) is 5.97. The lowest BCUT2D eigenvalue weighted by molar-refractivity contribution is -0.128. The number of nitrogens with zero attached hydrogens (tertiary/aromatic N) is 1. The molecule has 16 heavy (non-hydrogen) atoms. The molecule has 0 aliphatic carbocycles. The Morgan fingerprint density at radius 2 is 2.12 bits per heavy atom. The van der Waals surface area contributed by atoms with Gasteiger partial charge in [-0.1, -0.05) is 6.92 Å². The van der Waals surface area contributed by atoms with Crippen LogP contribution in [0.1, 0.15) is 34.1 Å². The smallest absolute Gasteiger partial charge is 0.209 e. The summed E-state index contributed by atoms with van der Waals surface area (Å²) in [6.45, 7) is 9.12. The van der Waals surface area contributed by atoms with Crippen LogP contribution in [0.15, 0.2) is 0 Å². The number of likely N-dealkylation sites (tertiary alicyclic amines) is 1. The van der Waals surface area contributed by atoms with Crippen molar-refractivity contribution in [2.75, 3.05) is 13.7 Å². The number of ether oxygens (including phenoxy) is 1. The molecule has 0 aromatic heterocycles. The minimum absolute atomic E-state index is 0.144. The molecule has 0 aromatic rings. The molecule has 1 saturated heterocycles. The van der Waals surface area contributed by atoms with Crippen LogP contribution in [-0.4, -0.2) is 43.2 Å². The molecule has 0 saturated carbocycles. The van der Waals surface area contributed by atoms with Gasteiger partial charge in [0.1, 0.15) is 0 Å². The van der Waals surface area contributed by atoms with Crippen LogP contribution < -0.4 is 5.73 Å². The predicted molar refractivity (Wildman–Crippen MR) is 66.1 cm³/mol. The molecular weight excluding hydrogens is 204 g/mol. The minimum Gasteiger partial charge on any atom is -0.380 e. The Hall–Kier alpha value is -0.610. The molecule has 0 spiro atoms. The van der Waals surface area contributed by atoms with Crippen LogP contribution in [-0.2, 0) is 9.53 Å². The quantitative estimate of drug-likeness (QED) is 0.739. The number of carbonyl (C=O) groups excluding carboxylic acids is 1. The average molecular weight is 230 g/mol. The van der Waals surface area contributed by atoms with Gasteiger partial charge in [-0.2, -0.15) is 0 Å². The summed E-state index contributed by atoms with van der Waals surface area (Å²) in [7, 11) is 1.66. The lowest BCUT2D eigenvalue weighted by Gasteiger charge is -2.43. The number of rotatable bonds is 4. The molecule has 1 amide bonds. The fourth-order valence-electron chi connectivity index (χ4n) is 1.55. The Balaban J connectivity index is 0.000000293. The second kappa shape index (κ2) is 7.63. The summed E-state index contributed by atoms with van der Waals surface area (Å²) in [6.07, 6.45) is 2.32. The number of amides is 1. The molecule has 96 valence electrons. The third-order valence-electron chi connectivity index (χ3n) is 3.42. The van der Waals surface area contributed by atoms with Crippen molar-refractivity contribution in [2.45, 2.75) is 52.3 Å². The van der Waals surface area contributed by atoms with Gasteiger partial charge >= 0.3 is 0 Å². The van der Waals surface area contributed by atoms with Crippen LogP contribution in [0, 0.1) is 5.92 Å². The second-order valence-corrected chi connectivity index (χ2v) is 4.51. The van der Waals surface area contributed by atoms with E-state index in [9.17, 15) is 4.79 Å². The van der Waals surface area contributed by atoms with Gasteiger partial charge in [-0.3, -0.25) is 4.79 Å². The molecule has 4 unspecified atom stereocenters. The van der Waals surface area contributed by atoms with Crippen molar-refractivity contribution < 1.29 is 9.53 Å². The highest BCUT2D eigenvalue weighted by Gasteiger charge is 2.32. The van der Waals surface area contributed by atoms with Gasteiger partial charge in [-0.05, 0) is 33.1 Å². The maximum atomic E-state index is 10.2. The summed E-state index contributed by atoms with van der Waals surface area (Å²) in [5.41, 5.74) is 5.42. The van der Waals surface area contributed by atoms with Gasteiger partial charge in [0, 0.05) is 25.7 Å². The fourth-order valence-corrected chi connectivity index (χ4v) is 1.55. The number of hydrogen-bond acceptors (Lipinski definition) is 3. The lowest BCUT2D eigenvalue weighted by atomic mass is 9.89. The molecule has 4 heteroatoms. The maximum Gasteiger partial charge on any atom is 0.209 e. The van der Waals surface area contributed by atoms with E-state index in [1.807, 2.05) is 18.7 Å². The topological polar surface area (TPSA) is 55.6 Å². The van der Waals surface area contributed by atoms with E-state index >= 15 is 0 Å². The molecule has 0 aromatic carbocycles. The van der Waals surface area contributed by atoms with Gasteiger partial charge in [-0.15, -0.1) is 0 Å². The normalized spacial score (nSPS) is 27.2. The van der Waals surface area contributed by atoms with Crippen molar-refractivity contribution in [2.24, 2.45) is 11.7 Å². The number of nitrogens with two attached hydrogens (primary N) is 1. The van der Waals surface area contributed by atoms with Crippen LogP contribution in [0.25, 0.3) is 0 Å². The van der Waals surface area contributed by atoms with Gasteiger partial charge in [-0.25, -0.2) is 0 Å². The highest BCUT2D eigenvalue weighted by Crippen LogP contribution is 2.24. The average Bonchev–Trinajstić information content (AvgIpc) is 2.27. The van der Waals surface area contributed by atoms with Gasteiger partial charge in [0.25, 0.3) is 0 Å². The van der Waals surface area contributed by atoms with Crippen molar-refractivity contribution >= 4 is 6.41 Å². The van der Waals surface area contributed by atoms with Gasteiger partial charge in [0.2, 0.25) is 6.41 Å². The molecule has 1 fully saturated rings. The van der Waals surface area contributed by atoms with Crippen LogP contribution in [0.4, 0.5) is 0 Å². The van der Waals surface area contributed by atoms with E-state index < -0.39 is 0 Å². The zero-order chi connectivity index (χ0) is 12.7. The Bertz CT molecular complexity index is 197. The standard InChI is InChI=1S/C7H13NO.C5H13NO/c1-3-7-4-8(5-9)6(7)2;1-4(6)5(2)7-3/h5-7H,3-4H2,1-2H3;4-5H,6H2,1-3H3. The Morgan fingerprint density at radius 3 is 2.31 bits per heavy atom. The van der Waals surface area contributed by atoms with Crippen molar-refractivity contribution in [3.8, 4) is 0 Å². The van der Waals surface area contributed by atoms with Crippen LogP contribution in [0.5, 0.6) is 0 Å². The minimum atomic E-state index is 0.144. The van der Waals surface area contributed by atoms with E-state index in [1.54, 1.807) is 7.11 Å². The van der Waals surface area contributed by atoms with E-state index in [0.717, 1.165) is 18.9 Å². The van der Waals surface area contributed by atoms with Crippen molar-refractivity contribution in [1.82, 2.24) is 4.90 Å². The highest BCUT2D eigenvalue weighted by atomic mass is 16.5. The van der Waals surface area contributed by atoms with Gasteiger partial charge in [0.05, 0.1) is 6.10 Å². The lowest BCUT2D eigenvalue weighted by Crippen LogP contribution is -2.53. The van der Waals surface area contributed by atoms with Crippen molar-refractivity contribution in [1.29, 1.82) is 0 Å². The van der Waals surface area contributed by atoms with Crippen LogP contribution in [0.3, 0.4) is 0 Å². The molecule has 1 heterocycles. The molecule has 1 rings (SSSR count). The number of hydrogen-bond donors (Lipinski definition) is 1. The van der Waals surface area contributed by atoms with Crippen LogP contribution >= 0.6 is 0 Å². The molecular formula is C12H26N2O2. The zero-order valence-corrected chi connectivity index (χ0v) is 11.1. The van der Waals surface area contributed by atoms with Crippen molar-refractivity contribution in [3.05, 3.63) is 0 Å². The fraction of sp³-hybridized carbons (Fsp3) is 0.917. The molecule has 1 aliphatic heterocycles. The summed E-state index contributed by atoms with van der Waals surface area (Å²) >= 11 is 0. The maximum absolute atomic E-state index is 10.2. The molecule has 0 radical (unpaired) electrons. The molecule has 1 aliphatic rings. The molecule has 4 atom stereocenters. The highest BCUT2D eigenvalue weighted by molar-refractivity contribution is 5.49. The zero-order valence-electron chi connectivity index (χ0n) is 11.1. The summed E-state index contributed by atoms with van der Waals surface area (Å²) in [4.78, 5) is 12.0.